The second-order valence-electron chi connectivity index (χ2n) is 12.1. The second-order valence-corrected chi connectivity index (χ2v) is 13.2. The highest BCUT2D eigenvalue weighted by Crippen LogP contribution is 2.32. The average Bonchev–Trinajstić information content (AvgIpc) is 3.30. The minimum absolute atomic E-state index is 0.182. The van der Waals surface area contributed by atoms with Crippen molar-refractivity contribution in [2.45, 2.75) is 99.4 Å². The molecule has 1 saturated heterocycles. The number of amides is 1. The number of nitrogens with zero attached hydrogens (tertiary/aromatic N) is 2. The second kappa shape index (κ2) is 15.1. The fourth-order valence-corrected chi connectivity index (χ4v) is 5.41. The summed E-state index contributed by atoms with van der Waals surface area (Å²) in [6, 6.07) is 0. The lowest BCUT2D eigenvalue weighted by Gasteiger charge is -2.35. The standard InChI is InChI=1S/C30H48N2O7S/c1-18(2)16-38-29(37)32-12-9-10-19(3)27(35)21(5)28(36)30(7,8)25(33)15-26(34)39-24(11-13-32)20(4)14-23-17-40-22(6)31-23/h14,17-19,21,24-25,27,33,35H,9-13,15-16H2,1-8H3/b20-14+/t19-,21+,24-,25-,27-/m0/s1. The Morgan fingerprint density at radius 1 is 1.25 bits per heavy atom. The van der Waals surface area contributed by atoms with Crippen LogP contribution in [-0.4, -0.2) is 76.0 Å². The summed E-state index contributed by atoms with van der Waals surface area (Å²) in [6.45, 7) is 15.4. The van der Waals surface area contributed by atoms with Gasteiger partial charge in [0, 0.05) is 30.8 Å². The molecule has 0 radical (unpaired) electrons. The predicted molar refractivity (Wildman–Crippen MR) is 156 cm³/mol. The van der Waals surface area contributed by atoms with E-state index in [1.165, 1.54) is 11.3 Å². The number of hydrogen-bond donors (Lipinski definition) is 2. The third kappa shape index (κ3) is 9.66. The van der Waals surface area contributed by atoms with Gasteiger partial charge < -0.3 is 24.6 Å². The molecule has 1 aromatic rings. The Morgan fingerprint density at radius 3 is 2.52 bits per heavy atom. The molecule has 1 aliphatic rings. The van der Waals surface area contributed by atoms with Crippen molar-refractivity contribution in [3.05, 3.63) is 21.7 Å². The van der Waals surface area contributed by atoms with E-state index in [4.69, 9.17) is 9.47 Å². The van der Waals surface area contributed by atoms with E-state index in [-0.39, 0.29) is 37.2 Å². The summed E-state index contributed by atoms with van der Waals surface area (Å²) in [5.74, 6) is -1.73. The SMILES string of the molecule is C/C(=C\c1csc(C)n1)[C@@H]1CCN(C(=O)OCC(C)C)CCC[C@H](C)[C@H](O)[C@@H](C)C(=O)C(C)(C)[C@@H](O)CC(=O)O1. The van der Waals surface area contributed by atoms with E-state index in [1.807, 2.05) is 46.1 Å². The maximum absolute atomic E-state index is 13.3. The predicted octanol–water partition coefficient (Wildman–Crippen LogP) is 5.02. The molecule has 40 heavy (non-hydrogen) atoms. The third-order valence-corrected chi connectivity index (χ3v) is 8.47. The largest absolute Gasteiger partial charge is 0.458 e. The lowest BCUT2D eigenvalue weighted by Crippen LogP contribution is -2.46. The molecular formula is C30H48N2O7S. The van der Waals surface area contributed by atoms with Gasteiger partial charge in [-0.3, -0.25) is 9.59 Å². The fraction of sp³-hybridized carbons (Fsp3) is 0.733. The molecule has 2 N–H and O–H groups in total. The molecule has 226 valence electrons. The highest BCUT2D eigenvalue weighted by Gasteiger charge is 2.42. The fourth-order valence-electron chi connectivity index (χ4n) is 4.84. The van der Waals surface area contributed by atoms with Crippen molar-refractivity contribution in [3.63, 3.8) is 0 Å². The Bertz CT molecular complexity index is 1040. The molecule has 0 spiro atoms. The summed E-state index contributed by atoms with van der Waals surface area (Å²) in [7, 11) is 0. The van der Waals surface area contributed by atoms with Crippen LogP contribution in [0.2, 0.25) is 0 Å². The number of aromatic nitrogens is 1. The van der Waals surface area contributed by atoms with Gasteiger partial charge in [0.1, 0.15) is 11.9 Å². The first-order chi connectivity index (χ1) is 18.6. The van der Waals surface area contributed by atoms with E-state index in [9.17, 15) is 24.6 Å². The van der Waals surface area contributed by atoms with Gasteiger partial charge in [0.2, 0.25) is 0 Å². The van der Waals surface area contributed by atoms with Crippen LogP contribution in [0.3, 0.4) is 0 Å². The molecule has 0 bridgehead atoms. The van der Waals surface area contributed by atoms with Crippen molar-refractivity contribution < 1.29 is 34.1 Å². The number of Topliss-reactive ketones (excluding diaryl/α,β-unsaturated/α-hetero) is 1. The van der Waals surface area contributed by atoms with E-state index in [1.54, 1.807) is 25.7 Å². The highest BCUT2D eigenvalue weighted by atomic mass is 32.1. The number of aliphatic hydroxyl groups excluding tert-OH is 2. The van der Waals surface area contributed by atoms with Gasteiger partial charge in [-0.25, -0.2) is 9.78 Å². The van der Waals surface area contributed by atoms with Crippen molar-refractivity contribution in [1.82, 2.24) is 9.88 Å². The van der Waals surface area contributed by atoms with Gasteiger partial charge in [0.05, 0.1) is 41.4 Å². The number of aliphatic hydroxyl groups is 2. The summed E-state index contributed by atoms with van der Waals surface area (Å²) in [5.41, 5.74) is 0.251. The maximum atomic E-state index is 13.3. The lowest BCUT2D eigenvalue weighted by atomic mass is 9.73. The zero-order valence-corrected chi connectivity index (χ0v) is 26.1. The van der Waals surface area contributed by atoms with Crippen LogP contribution in [0.25, 0.3) is 6.08 Å². The van der Waals surface area contributed by atoms with Crippen LogP contribution in [0, 0.1) is 30.1 Å². The van der Waals surface area contributed by atoms with E-state index in [0.29, 0.717) is 25.8 Å². The molecule has 0 unspecified atom stereocenters. The number of esters is 1. The highest BCUT2D eigenvalue weighted by molar-refractivity contribution is 7.09. The van der Waals surface area contributed by atoms with Crippen molar-refractivity contribution in [3.8, 4) is 0 Å². The number of ketones is 1. The lowest BCUT2D eigenvalue weighted by molar-refractivity contribution is -0.154. The van der Waals surface area contributed by atoms with Gasteiger partial charge in [-0.05, 0) is 50.2 Å². The first-order valence-electron chi connectivity index (χ1n) is 14.2. The van der Waals surface area contributed by atoms with Gasteiger partial charge >= 0.3 is 12.1 Å². The van der Waals surface area contributed by atoms with Crippen LogP contribution in [0.15, 0.2) is 11.0 Å². The Hall–Kier alpha value is -2.30. The molecule has 1 fully saturated rings. The Labute approximate surface area is 243 Å². The molecule has 1 amide bonds. The van der Waals surface area contributed by atoms with Gasteiger partial charge in [-0.1, -0.05) is 41.5 Å². The van der Waals surface area contributed by atoms with Crippen LogP contribution < -0.4 is 0 Å². The van der Waals surface area contributed by atoms with Crippen LogP contribution >= 0.6 is 11.3 Å². The molecule has 9 nitrogen and oxygen atoms in total. The van der Waals surface area contributed by atoms with E-state index < -0.39 is 41.7 Å². The minimum atomic E-state index is -1.29. The number of rotatable bonds is 4. The first-order valence-corrected chi connectivity index (χ1v) is 15.1. The summed E-state index contributed by atoms with van der Waals surface area (Å²) < 4.78 is 11.4. The summed E-state index contributed by atoms with van der Waals surface area (Å²) in [6.07, 6.45) is -0.339. The Kier molecular flexibility index (Phi) is 12.8. The number of carbonyl (C=O) groups is 3. The van der Waals surface area contributed by atoms with Crippen molar-refractivity contribution in [1.29, 1.82) is 0 Å². The molecule has 1 aliphatic heterocycles. The maximum Gasteiger partial charge on any atom is 0.409 e. The van der Waals surface area contributed by atoms with E-state index in [0.717, 1.165) is 16.3 Å². The van der Waals surface area contributed by atoms with Gasteiger partial charge in [0.15, 0.2) is 0 Å². The van der Waals surface area contributed by atoms with Gasteiger partial charge in [-0.15, -0.1) is 11.3 Å². The molecular weight excluding hydrogens is 532 g/mol. The molecule has 0 aromatic carbocycles. The van der Waals surface area contributed by atoms with Crippen LogP contribution in [0.1, 0.15) is 84.9 Å². The normalized spacial score (nSPS) is 27.9. The average molecular weight is 581 g/mol. The summed E-state index contributed by atoms with van der Waals surface area (Å²) >= 11 is 1.52. The molecule has 2 rings (SSSR count). The molecule has 0 aliphatic carbocycles. The summed E-state index contributed by atoms with van der Waals surface area (Å²) in [5, 5.41) is 24.7. The van der Waals surface area contributed by atoms with Crippen molar-refractivity contribution in [2.24, 2.45) is 23.2 Å². The third-order valence-electron chi connectivity index (χ3n) is 7.68. The zero-order valence-electron chi connectivity index (χ0n) is 25.3. The minimum Gasteiger partial charge on any atom is -0.458 e. The number of thiazole rings is 1. The Balaban J connectivity index is 2.39. The van der Waals surface area contributed by atoms with Crippen molar-refractivity contribution >= 4 is 35.3 Å². The van der Waals surface area contributed by atoms with Gasteiger partial charge in [-0.2, -0.15) is 0 Å². The van der Waals surface area contributed by atoms with Gasteiger partial charge in [0.25, 0.3) is 0 Å². The number of cyclic esters (lactones) is 1. The first kappa shape index (κ1) is 33.9. The summed E-state index contributed by atoms with van der Waals surface area (Å²) in [4.78, 5) is 45.4. The Morgan fingerprint density at radius 2 is 1.93 bits per heavy atom. The van der Waals surface area contributed by atoms with Crippen LogP contribution in [0.5, 0.6) is 0 Å². The monoisotopic (exact) mass is 580 g/mol. The smallest absolute Gasteiger partial charge is 0.409 e. The van der Waals surface area contributed by atoms with Crippen LogP contribution in [-0.2, 0) is 19.1 Å². The van der Waals surface area contributed by atoms with Crippen LogP contribution in [0.4, 0.5) is 4.79 Å². The molecule has 10 heteroatoms. The van der Waals surface area contributed by atoms with E-state index >= 15 is 0 Å². The molecule has 1 aromatic heterocycles. The van der Waals surface area contributed by atoms with E-state index in [2.05, 4.69) is 4.98 Å². The number of aryl methyl sites for hydroxylation is 1. The quantitative estimate of drug-likeness (QED) is 0.475. The van der Waals surface area contributed by atoms with Crippen molar-refractivity contribution in [2.75, 3.05) is 19.7 Å². The number of carbonyl (C=O) groups excluding carboxylic acids is 3. The molecule has 5 atom stereocenters. The number of hydrogen-bond acceptors (Lipinski definition) is 9. The molecule has 2 heterocycles. The molecule has 0 saturated carbocycles. The topological polar surface area (TPSA) is 126 Å². The zero-order chi connectivity index (χ0) is 30.2. The number of ether oxygens (including phenoxy) is 2.